The zero-order valence-corrected chi connectivity index (χ0v) is 12.1. The molecular weight excluding hydrogens is 280 g/mol. The van der Waals surface area contributed by atoms with Gasteiger partial charge in [0.15, 0.2) is 5.76 Å². The van der Waals surface area contributed by atoms with Crippen molar-refractivity contribution in [3.8, 4) is 0 Å². The Morgan fingerprint density at radius 2 is 2.05 bits per heavy atom. The molecule has 2 rings (SSSR count). The molecule has 0 aliphatic carbocycles. The molecule has 1 aliphatic rings. The number of rotatable bonds is 7. The van der Waals surface area contributed by atoms with Gasteiger partial charge in [-0.15, -0.1) is 0 Å². The van der Waals surface area contributed by atoms with Crippen molar-refractivity contribution in [2.75, 3.05) is 19.6 Å². The highest BCUT2D eigenvalue weighted by Gasteiger charge is 2.15. The van der Waals surface area contributed by atoms with Gasteiger partial charge >= 0.3 is 0 Å². The molecule has 0 atom stereocenters. The summed E-state index contributed by atoms with van der Waals surface area (Å²) in [5, 5.41) is 2.32. The van der Waals surface area contributed by atoms with Gasteiger partial charge in [0.2, 0.25) is 5.24 Å². The SMILES string of the molecule is O=C(Cl)CCCNC(=O)c1ccc(CN2CCCC2)o1. The van der Waals surface area contributed by atoms with Crippen molar-refractivity contribution in [1.29, 1.82) is 0 Å². The Kier molecular flexibility index (Phi) is 5.61. The van der Waals surface area contributed by atoms with Gasteiger partial charge in [0.1, 0.15) is 5.76 Å². The van der Waals surface area contributed by atoms with E-state index in [1.165, 1.54) is 12.8 Å². The summed E-state index contributed by atoms with van der Waals surface area (Å²) >= 11 is 5.22. The Morgan fingerprint density at radius 1 is 1.30 bits per heavy atom. The van der Waals surface area contributed by atoms with Crippen molar-refractivity contribution in [3.05, 3.63) is 23.7 Å². The van der Waals surface area contributed by atoms with Crippen LogP contribution in [0.15, 0.2) is 16.5 Å². The van der Waals surface area contributed by atoms with Crippen molar-refractivity contribution < 1.29 is 14.0 Å². The van der Waals surface area contributed by atoms with Crippen LogP contribution in [0.3, 0.4) is 0 Å². The smallest absolute Gasteiger partial charge is 0.286 e. The molecule has 1 N–H and O–H groups in total. The Labute approximate surface area is 123 Å². The van der Waals surface area contributed by atoms with E-state index in [0.29, 0.717) is 18.7 Å². The highest BCUT2D eigenvalue weighted by molar-refractivity contribution is 6.63. The van der Waals surface area contributed by atoms with E-state index in [0.717, 1.165) is 25.4 Å². The second-order valence-electron chi connectivity index (χ2n) is 4.96. The summed E-state index contributed by atoms with van der Waals surface area (Å²) < 4.78 is 5.54. The molecule has 2 heterocycles. The molecule has 6 heteroatoms. The summed E-state index contributed by atoms with van der Waals surface area (Å²) in [6, 6.07) is 3.53. The van der Waals surface area contributed by atoms with Gasteiger partial charge in [0.05, 0.1) is 6.54 Å². The van der Waals surface area contributed by atoms with E-state index < -0.39 is 0 Å². The maximum absolute atomic E-state index is 11.8. The first-order valence-corrected chi connectivity index (χ1v) is 7.30. The third-order valence-electron chi connectivity index (χ3n) is 3.30. The summed E-state index contributed by atoms with van der Waals surface area (Å²) in [7, 11) is 0. The van der Waals surface area contributed by atoms with Crippen LogP contribution in [0.4, 0.5) is 0 Å². The number of nitrogens with zero attached hydrogens (tertiary/aromatic N) is 1. The van der Waals surface area contributed by atoms with E-state index in [9.17, 15) is 9.59 Å². The quantitative estimate of drug-likeness (QED) is 0.619. The molecule has 1 amide bonds. The van der Waals surface area contributed by atoms with E-state index in [1.54, 1.807) is 6.07 Å². The van der Waals surface area contributed by atoms with Crippen LogP contribution in [0, 0.1) is 0 Å². The molecule has 1 saturated heterocycles. The van der Waals surface area contributed by atoms with Gasteiger partial charge in [-0.25, -0.2) is 0 Å². The Hall–Kier alpha value is -1.33. The molecule has 0 spiro atoms. The second-order valence-corrected chi connectivity index (χ2v) is 5.39. The molecule has 1 aliphatic heterocycles. The summed E-state index contributed by atoms with van der Waals surface area (Å²) in [5.74, 6) is 0.879. The highest BCUT2D eigenvalue weighted by Crippen LogP contribution is 2.15. The third kappa shape index (κ3) is 4.65. The van der Waals surface area contributed by atoms with Crippen LogP contribution in [-0.4, -0.2) is 35.7 Å². The Balaban J connectivity index is 1.75. The standard InChI is InChI=1S/C14H19ClN2O3/c15-13(18)4-3-7-16-14(19)12-6-5-11(20-12)10-17-8-1-2-9-17/h5-6H,1-4,7-10H2,(H,16,19). The molecule has 110 valence electrons. The van der Waals surface area contributed by atoms with Crippen LogP contribution in [-0.2, 0) is 11.3 Å². The minimum atomic E-state index is -0.384. The number of amides is 1. The summed E-state index contributed by atoms with van der Waals surface area (Å²) in [6.45, 7) is 3.36. The lowest BCUT2D eigenvalue weighted by Crippen LogP contribution is -2.24. The third-order valence-corrected chi connectivity index (χ3v) is 3.49. The number of nitrogens with one attached hydrogen (secondary N) is 1. The average molecular weight is 299 g/mol. The van der Waals surface area contributed by atoms with E-state index in [4.69, 9.17) is 16.0 Å². The minimum Gasteiger partial charge on any atom is -0.455 e. The maximum atomic E-state index is 11.8. The van der Waals surface area contributed by atoms with Crippen LogP contribution in [0.5, 0.6) is 0 Å². The highest BCUT2D eigenvalue weighted by atomic mass is 35.5. The summed E-state index contributed by atoms with van der Waals surface area (Å²) in [4.78, 5) is 24.7. The van der Waals surface area contributed by atoms with Gasteiger partial charge in [-0.1, -0.05) is 0 Å². The maximum Gasteiger partial charge on any atom is 0.286 e. The zero-order valence-electron chi connectivity index (χ0n) is 11.4. The number of carbonyl (C=O) groups is 2. The van der Waals surface area contributed by atoms with Gasteiger partial charge in [-0.05, 0) is 56.1 Å². The van der Waals surface area contributed by atoms with Crippen molar-refractivity contribution in [2.45, 2.75) is 32.2 Å². The van der Waals surface area contributed by atoms with E-state index >= 15 is 0 Å². The molecular formula is C14H19ClN2O3. The number of likely N-dealkylation sites (tertiary alicyclic amines) is 1. The van der Waals surface area contributed by atoms with Crippen molar-refractivity contribution in [2.24, 2.45) is 0 Å². The summed E-state index contributed by atoms with van der Waals surface area (Å²) in [5.41, 5.74) is 0. The van der Waals surface area contributed by atoms with Crippen molar-refractivity contribution in [1.82, 2.24) is 10.2 Å². The van der Waals surface area contributed by atoms with Gasteiger partial charge in [-0.3, -0.25) is 14.5 Å². The lowest BCUT2D eigenvalue weighted by Gasteiger charge is -2.11. The number of furan rings is 1. The molecule has 5 nitrogen and oxygen atoms in total. The fraction of sp³-hybridized carbons (Fsp3) is 0.571. The monoisotopic (exact) mass is 298 g/mol. The molecule has 0 saturated carbocycles. The van der Waals surface area contributed by atoms with Crippen molar-refractivity contribution >= 4 is 22.8 Å². The van der Waals surface area contributed by atoms with E-state index in [-0.39, 0.29) is 17.6 Å². The fourth-order valence-corrected chi connectivity index (χ4v) is 2.40. The largest absolute Gasteiger partial charge is 0.455 e. The predicted molar refractivity (Wildman–Crippen MR) is 75.6 cm³/mol. The van der Waals surface area contributed by atoms with E-state index in [1.807, 2.05) is 6.07 Å². The first kappa shape index (κ1) is 15.1. The molecule has 0 bridgehead atoms. The molecule has 20 heavy (non-hydrogen) atoms. The molecule has 0 radical (unpaired) electrons. The number of halogens is 1. The lowest BCUT2D eigenvalue weighted by atomic mass is 10.3. The molecule has 1 aromatic heterocycles. The number of carbonyl (C=O) groups excluding carboxylic acids is 2. The Morgan fingerprint density at radius 3 is 2.75 bits per heavy atom. The van der Waals surface area contributed by atoms with Crippen LogP contribution < -0.4 is 5.32 Å². The molecule has 0 unspecified atom stereocenters. The first-order chi connectivity index (χ1) is 9.65. The molecule has 0 aromatic carbocycles. The van der Waals surface area contributed by atoms with Crippen LogP contribution in [0.2, 0.25) is 0 Å². The van der Waals surface area contributed by atoms with Gasteiger partial charge < -0.3 is 9.73 Å². The van der Waals surface area contributed by atoms with Gasteiger partial charge in [0, 0.05) is 13.0 Å². The minimum absolute atomic E-state index is 0.250. The van der Waals surface area contributed by atoms with E-state index in [2.05, 4.69) is 10.2 Å². The first-order valence-electron chi connectivity index (χ1n) is 6.93. The normalized spacial score (nSPS) is 15.4. The van der Waals surface area contributed by atoms with Gasteiger partial charge in [0.25, 0.3) is 5.91 Å². The predicted octanol–water partition coefficient (Wildman–Crippen LogP) is 2.15. The lowest BCUT2D eigenvalue weighted by molar-refractivity contribution is -0.111. The van der Waals surface area contributed by atoms with Crippen LogP contribution in [0.1, 0.15) is 42.0 Å². The number of hydrogen-bond acceptors (Lipinski definition) is 4. The van der Waals surface area contributed by atoms with Gasteiger partial charge in [-0.2, -0.15) is 0 Å². The zero-order chi connectivity index (χ0) is 14.4. The van der Waals surface area contributed by atoms with Crippen molar-refractivity contribution in [3.63, 3.8) is 0 Å². The second kappa shape index (κ2) is 7.45. The topological polar surface area (TPSA) is 62.6 Å². The summed E-state index contributed by atoms with van der Waals surface area (Å²) in [6.07, 6.45) is 3.26. The molecule has 1 fully saturated rings. The molecule has 1 aromatic rings. The average Bonchev–Trinajstić information content (AvgIpc) is 3.06. The number of hydrogen-bond donors (Lipinski definition) is 1. The fourth-order valence-electron chi connectivity index (χ4n) is 2.26. The van der Waals surface area contributed by atoms with Crippen LogP contribution in [0.25, 0.3) is 0 Å². The Bertz CT molecular complexity index is 467. The van der Waals surface area contributed by atoms with Crippen LogP contribution >= 0.6 is 11.6 Å².